The van der Waals surface area contributed by atoms with Crippen LogP contribution in [-0.2, 0) is 10.0 Å². The largest absolute Gasteiger partial charge is 0.490 e. The molecule has 2 aromatic carbocycles. The van der Waals surface area contributed by atoms with Crippen LogP contribution in [0.25, 0.3) is 11.3 Å². The van der Waals surface area contributed by atoms with E-state index < -0.39 is 22.2 Å². The highest BCUT2D eigenvalue weighted by Crippen LogP contribution is 2.32. The van der Waals surface area contributed by atoms with Crippen molar-refractivity contribution in [2.24, 2.45) is 0 Å². The Kier molecular flexibility index (Phi) is 6.95. The van der Waals surface area contributed by atoms with Gasteiger partial charge in [-0.1, -0.05) is 47.6 Å². The topological polar surface area (TPSA) is 122 Å². The number of rotatable bonds is 8. The molecule has 1 aromatic heterocycles. The second-order valence-corrected chi connectivity index (χ2v) is 9.79. The van der Waals surface area contributed by atoms with Gasteiger partial charge >= 0.3 is 6.09 Å². The Hall–Kier alpha value is -3.37. The van der Waals surface area contributed by atoms with Crippen molar-refractivity contribution in [3.05, 3.63) is 72.4 Å². The first-order chi connectivity index (χ1) is 15.9. The van der Waals surface area contributed by atoms with Crippen LogP contribution in [-0.4, -0.2) is 54.0 Å². The van der Waals surface area contributed by atoms with Gasteiger partial charge in [0.1, 0.15) is 11.9 Å². The fraction of sp³-hybridized carbons (Fsp3) is 0.304. The van der Waals surface area contributed by atoms with Gasteiger partial charge in [-0.3, -0.25) is 0 Å². The van der Waals surface area contributed by atoms with E-state index in [1.807, 2.05) is 24.3 Å². The molecule has 1 fully saturated rings. The molecule has 0 saturated carbocycles. The summed E-state index contributed by atoms with van der Waals surface area (Å²) in [4.78, 5) is 11.2. The highest BCUT2D eigenvalue weighted by Gasteiger charge is 2.32. The molecule has 1 amide bonds. The van der Waals surface area contributed by atoms with Crippen molar-refractivity contribution >= 4 is 16.1 Å². The molecule has 9 nitrogen and oxygen atoms in total. The summed E-state index contributed by atoms with van der Waals surface area (Å²) in [7, 11) is -3.69. The molecule has 3 aromatic rings. The van der Waals surface area contributed by atoms with Crippen LogP contribution < -0.4 is 10.1 Å². The molecular formula is C23H25N3O6S. The third-order valence-electron chi connectivity index (χ3n) is 5.56. The number of nitrogens with zero attached hydrogens (tertiary/aromatic N) is 2. The summed E-state index contributed by atoms with van der Waals surface area (Å²) in [5, 5.41) is 15.2. The van der Waals surface area contributed by atoms with Crippen molar-refractivity contribution in [2.45, 2.75) is 25.0 Å². The van der Waals surface area contributed by atoms with Crippen LogP contribution in [0.3, 0.4) is 0 Å². The van der Waals surface area contributed by atoms with Crippen LogP contribution in [0.5, 0.6) is 5.75 Å². The van der Waals surface area contributed by atoms with Crippen LogP contribution in [0.4, 0.5) is 4.79 Å². The van der Waals surface area contributed by atoms with Gasteiger partial charge in [-0.05, 0) is 30.5 Å². The first-order valence-electron chi connectivity index (χ1n) is 10.6. The second kappa shape index (κ2) is 10.1. The van der Waals surface area contributed by atoms with Gasteiger partial charge in [0.05, 0.1) is 23.6 Å². The molecule has 1 atom stereocenters. The number of carboxylic acid groups (broad SMARTS) is 1. The van der Waals surface area contributed by atoms with E-state index in [0.29, 0.717) is 43.0 Å². The summed E-state index contributed by atoms with van der Waals surface area (Å²) in [5.41, 5.74) is 1.39. The Morgan fingerprint density at radius 1 is 1.12 bits per heavy atom. The summed E-state index contributed by atoms with van der Waals surface area (Å²) < 4.78 is 38.9. The molecule has 4 rings (SSSR count). The number of hydrogen-bond acceptors (Lipinski definition) is 6. The van der Waals surface area contributed by atoms with Crippen LogP contribution in [0.1, 0.15) is 24.4 Å². The molecule has 1 unspecified atom stereocenters. The molecule has 0 bridgehead atoms. The molecule has 33 heavy (non-hydrogen) atoms. The van der Waals surface area contributed by atoms with Crippen molar-refractivity contribution in [3.8, 4) is 17.1 Å². The smallest absolute Gasteiger partial charge is 0.405 e. The Balaban J connectivity index is 1.40. The van der Waals surface area contributed by atoms with Crippen molar-refractivity contribution in [2.75, 3.05) is 18.8 Å². The molecule has 0 aliphatic carbocycles. The van der Waals surface area contributed by atoms with Gasteiger partial charge in [-0.2, -0.15) is 0 Å². The number of piperidine rings is 1. The average Bonchev–Trinajstić information content (AvgIpc) is 3.34. The Morgan fingerprint density at radius 2 is 1.82 bits per heavy atom. The van der Waals surface area contributed by atoms with Crippen molar-refractivity contribution in [1.82, 2.24) is 14.8 Å². The fourth-order valence-electron chi connectivity index (χ4n) is 3.91. The first kappa shape index (κ1) is 22.8. The number of hydrogen-bond donors (Lipinski definition) is 2. The summed E-state index contributed by atoms with van der Waals surface area (Å²) >= 11 is 0. The SMILES string of the molecule is O=C(O)NC(CS(=O)(=O)N1CCC(Oc2ccccc2-c2ccno2)CC1)c1ccccc1. The van der Waals surface area contributed by atoms with Gasteiger partial charge in [-0.15, -0.1) is 0 Å². The number of amides is 1. The van der Waals surface area contributed by atoms with Crippen LogP contribution >= 0.6 is 0 Å². The quantitative estimate of drug-likeness (QED) is 0.515. The third-order valence-corrected chi connectivity index (χ3v) is 7.46. The van der Waals surface area contributed by atoms with Crippen LogP contribution in [0, 0.1) is 0 Å². The maximum atomic E-state index is 13.1. The lowest BCUT2D eigenvalue weighted by Crippen LogP contribution is -2.45. The van der Waals surface area contributed by atoms with Crippen molar-refractivity contribution in [3.63, 3.8) is 0 Å². The molecule has 1 saturated heterocycles. The monoisotopic (exact) mass is 471 g/mol. The van der Waals surface area contributed by atoms with E-state index >= 15 is 0 Å². The lowest BCUT2D eigenvalue weighted by Gasteiger charge is -2.32. The summed E-state index contributed by atoms with van der Waals surface area (Å²) in [6.07, 6.45) is 1.19. The standard InChI is InChI=1S/C23H25N3O6S/c27-23(28)25-20(17-6-2-1-3-7-17)16-33(29,30)26-14-11-18(12-15-26)31-21-9-5-4-8-19(21)22-10-13-24-32-22/h1-10,13,18,20,25H,11-12,14-16H2,(H,27,28). The molecular weight excluding hydrogens is 446 g/mol. The molecule has 1 aliphatic heterocycles. The molecule has 174 valence electrons. The average molecular weight is 472 g/mol. The fourth-order valence-corrected chi connectivity index (χ4v) is 5.58. The van der Waals surface area contributed by atoms with Gasteiger partial charge in [0.15, 0.2) is 5.76 Å². The molecule has 0 spiro atoms. The number of aromatic nitrogens is 1. The summed E-state index contributed by atoms with van der Waals surface area (Å²) in [6, 6.07) is 17.1. The molecule has 2 N–H and O–H groups in total. The predicted octanol–water partition coefficient (Wildman–Crippen LogP) is 3.52. The molecule has 2 heterocycles. The number of para-hydroxylation sites is 1. The molecule has 1 aliphatic rings. The number of ether oxygens (including phenoxy) is 1. The Bertz CT molecular complexity index is 1160. The Labute approximate surface area is 192 Å². The Morgan fingerprint density at radius 3 is 2.48 bits per heavy atom. The van der Waals surface area contributed by atoms with E-state index in [-0.39, 0.29) is 11.9 Å². The number of nitrogens with one attached hydrogen (secondary N) is 1. The first-order valence-corrected chi connectivity index (χ1v) is 12.2. The zero-order valence-corrected chi connectivity index (χ0v) is 18.6. The minimum Gasteiger partial charge on any atom is -0.490 e. The van der Waals surface area contributed by atoms with E-state index in [1.54, 1.807) is 42.6 Å². The number of benzene rings is 2. The highest BCUT2D eigenvalue weighted by molar-refractivity contribution is 7.89. The molecule has 10 heteroatoms. The maximum Gasteiger partial charge on any atom is 0.405 e. The zero-order valence-electron chi connectivity index (χ0n) is 17.8. The van der Waals surface area contributed by atoms with E-state index in [0.717, 1.165) is 5.56 Å². The predicted molar refractivity (Wildman–Crippen MR) is 121 cm³/mol. The second-order valence-electron chi connectivity index (χ2n) is 7.78. The van der Waals surface area contributed by atoms with E-state index in [9.17, 15) is 18.3 Å². The number of sulfonamides is 1. The van der Waals surface area contributed by atoms with E-state index in [4.69, 9.17) is 9.26 Å². The van der Waals surface area contributed by atoms with Gasteiger partial charge < -0.3 is 19.7 Å². The lowest BCUT2D eigenvalue weighted by molar-refractivity contribution is 0.135. The van der Waals surface area contributed by atoms with Gasteiger partial charge in [0, 0.05) is 19.2 Å². The lowest BCUT2D eigenvalue weighted by atomic mass is 10.1. The minimum absolute atomic E-state index is 0.150. The van der Waals surface area contributed by atoms with Crippen molar-refractivity contribution in [1.29, 1.82) is 0 Å². The van der Waals surface area contributed by atoms with E-state index in [2.05, 4.69) is 10.5 Å². The molecule has 0 radical (unpaired) electrons. The van der Waals surface area contributed by atoms with Gasteiger partial charge in [0.25, 0.3) is 0 Å². The third kappa shape index (κ3) is 5.71. The minimum atomic E-state index is -3.69. The van der Waals surface area contributed by atoms with Crippen LogP contribution in [0.15, 0.2) is 71.4 Å². The van der Waals surface area contributed by atoms with Crippen molar-refractivity contribution < 1.29 is 27.6 Å². The highest BCUT2D eigenvalue weighted by atomic mass is 32.2. The summed E-state index contributed by atoms with van der Waals surface area (Å²) in [6.45, 7) is 0.595. The van der Waals surface area contributed by atoms with Crippen LogP contribution in [0.2, 0.25) is 0 Å². The summed E-state index contributed by atoms with van der Waals surface area (Å²) in [5.74, 6) is 0.914. The van der Waals surface area contributed by atoms with Gasteiger partial charge in [0.2, 0.25) is 10.0 Å². The number of carbonyl (C=O) groups is 1. The van der Waals surface area contributed by atoms with Gasteiger partial charge in [-0.25, -0.2) is 17.5 Å². The maximum absolute atomic E-state index is 13.1. The zero-order chi connectivity index (χ0) is 23.3. The van der Waals surface area contributed by atoms with E-state index in [1.165, 1.54) is 4.31 Å². The normalized spacial score (nSPS) is 16.2.